The maximum absolute atomic E-state index is 11.8. The van der Waals surface area contributed by atoms with Crippen LogP contribution in [-0.2, 0) is 9.59 Å². The summed E-state index contributed by atoms with van der Waals surface area (Å²) in [4.78, 5) is 22.6. The standard InChI is InChI=1S/C13H27N3O2/c1-4-10(7-8-14)5-6-12(18)16-13(2,3)9-11(15)17/h10H,4-9,14H2,1-3H3,(H2,15,17)(H,16,18). The summed E-state index contributed by atoms with van der Waals surface area (Å²) in [6, 6.07) is 0. The number of carbonyl (C=O) groups is 2. The van der Waals surface area contributed by atoms with Gasteiger partial charge in [-0.3, -0.25) is 9.59 Å². The maximum atomic E-state index is 11.8. The van der Waals surface area contributed by atoms with Gasteiger partial charge in [-0.05, 0) is 39.2 Å². The third-order valence-electron chi connectivity index (χ3n) is 3.03. The molecule has 0 aliphatic carbocycles. The first-order valence-electron chi connectivity index (χ1n) is 6.60. The van der Waals surface area contributed by atoms with E-state index in [9.17, 15) is 9.59 Å². The van der Waals surface area contributed by atoms with Gasteiger partial charge in [0.1, 0.15) is 0 Å². The summed E-state index contributed by atoms with van der Waals surface area (Å²) in [7, 11) is 0. The van der Waals surface area contributed by atoms with E-state index in [1.54, 1.807) is 13.8 Å². The van der Waals surface area contributed by atoms with Crippen molar-refractivity contribution in [3.8, 4) is 0 Å². The number of hydrogen-bond acceptors (Lipinski definition) is 3. The van der Waals surface area contributed by atoms with Crippen molar-refractivity contribution in [1.29, 1.82) is 0 Å². The molecular formula is C13H27N3O2. The number of carbonyl (C=O) groups excluding carboxylic acids is 2. The fourth-order valence-corrected chi connectivity index (χ4v) is 2.04. The van der Waals surface area contributed by atoms with Gasteiger partial charge in [0.25, 0.3) is 0 Å². The Bertz CT molecular complexity index is 277. The van der Waals surface area contributed by atoms with Crippen LogP contribution in [0, 0.1) is 5.92 Å². The molecule has 0 bridgehead atoms. The van der Waals surface area contributed by atoms with Crippen molar-refractivity contribution in [2.24, 2.45) is 17.4 Å². The molecule has 0 spiro atoms. The summed E-state index contributed by atoms with van der Waals surface area (Å²) >= 11 is 0. The summed E-state index contributed by atoms with van der Waals surface area (Å²) in [5.41, 5.74) is 10.1. The molecule has 0 aliphatic heterocycles. The van der Waals surface area contributed by atoms with Crippen LogP contribution in [0.2, 0.25) is 0 Å². The van der Waals surface area contributed by atoms with Crippen molar-refractivity contribution < 1.29 is 9.59 Å². The highest BCUT2D eigenvalue weighted by atomic mass is 16.2. The maximum Gasteiger partial charge on any atom is 0.220 e. The fraction of sp³-hybridized carbons (Fsp3) is 0.846. The molecule has 0 fully saturated rings. The normalized spacial score (nSPS) is 13.1. The lowest BCUT2D eigenvalue weighted by Gasteiger charge is -2.25. The van der Waals surface area contributed by atoms with E-state index in [-0.39, 0.29) is 12.3 Å². The molecule has 0 aromatic carbocycles. The first-order valence-corrected chi connectivity index (χ1v) is 6.60. The summed E-state index contributed by atoms with van der Waals surface area (Å²) in [6.45, 7) is 6.36. The Morgan fingerprint density at radius 3 is 2.33 bits per heavy atom. The Morgan fingerprint density at radius 1 is 1.28 bits per heavy atom. The summed E-state index contributed by atoms with van der Waals surface area (Å²) in [5.74, 6) is 0.0617. The minimum atomic E-state index is -0.571. The third kappa shape index (κ3) is 8.06. The second kappa shape index (κ2) is 8.08. The van der Waals surface area contributed by atoms with E-state index in [2.05, 4.69) is 12.2 Å². The van der Waals surface area contributed by atoms with E-state index in [1.807, 2.05) is 0 Å². The third-order valence-corrected chi connectivity index (χ3v) is 3.03. The van der Waals surface area contributed by atoms with Crippen molar-refractivity contribution >= 4 is 11.8 Å². The molecule has 0 aliphatic rings. The van der Waals surface area contributed by atoms with Crippen LogP contribution in [0.5, 0.6) is 0 Å². The highest BCUT2D eigenvalue weighted by Crippen LogP contribution is 2.15. The minimum Gasteiger partial charge on any atom is -0.370 e. The van der Waals surface area contributed by atoms with Crippen LogP contribution >= 0.6 is 0 Å². The lowest BCUT2D eigenvalue weighted by atomic mass is 9.95. The molecule has 0 aromatic heterocycles. The molecule has 0 heterocycles. The van der Waals surface area contributed by atoms with Gasteiger partial charge in [0.2, 0.25) is 11.8 Å². The number of nitrogens with one attached hydrogen (secondary N) is 1. The lowest BCUT2D eigenvalue weighted by Crippen LogP contribution is -2.46. The summed E-state index contributed by atoms with van der Waals surface area (Å²) < 4.78 is 0. The van der Waals surface area contributed by atoms with Gasteiger partial charge in [0.15, 0.2) is 0 Å². The highest BCUT2D eigenvalue weighted by molar-refractivity contribution is 5.79. The van der Waals surface area contributed by atoms with E-state index >= 15 is 0 Å². The zero-order valence-corrected chi connectivity index (χ0v) is 11.8. The van der Waals surface area contributed by atoms with Crippen LogP contribution < -0.4 is 16.8 Å². The molecule has 2 amide bonds. The van der Waals surface area contributed by atoms with Gasteiger partial charge in [-0.2, -0.15) is 0 Å². The number of hydrogen-bond donors (Lipinski definition) is 3. The van der Waals surface area contributed by atoms with Crippen LogP contribution in [0.1, 0.15) is 52.9 Å². The molecule has 0 saturated heterocycles. The van der Waals surface area contributed by atoms with Crippen molar-refractivity contribution in [3.63, 3.8) is 0 Å². The van der Waals surface area contributed by atoms with Gasteiger partial charge < -0.3 is 16.8 Å². The molecule has 1 atom stereocenters. The van der Waals surface area contributed by atoms with Crippen LogP contribution in [-0.4, -0.2) is 23.9 Å². The molecule has 0 saturated carbocycles. The molecule has 18 heavy (non-hydrogen) atoms. The quantitative estimate of drug-likeness (QED) is 0.572. The van der Waals surface area contributed by atoms with Crippen LogP contribution in [0.3, 0.4) is 0 Å². The Labute approximate surface area is 110 Å². The van der Waals surface area contributed by atoms with Crippen molar-refractivity contribution in [1.82, 2.24) is 5.32 Å². The lowest BCUT2D eigenvalue weighted by molar-refractivity contribution is -0.124. The number of nitrogens with two attached hydrogens (primary N) is 2. The van der Waals surface area contributed by atoms with Crippen molar-refractivity contribution in [3.05, 3.63) is 0 Å². The molecule has 0 radical (unpaired) electrons. The molecule has 1 unspecified atom stereocenters. The summed E-state index contributed by atoms with van der Waals surface area (Å²) in [5, 5.41) is 2.84. The average molecular weight is 257 g/mol. The topological polar surface area (TPSA) is 98.2 Å². The number of primary amides is 1. The predicted octanol–water partition coefficient (Wildman–Crippen LogP) is 0.912. The number of amides is 2. The second-order valence-electron chi connectivity index (χ2n) is 5.47. The van der Waals surface area contributed by atoms with Crippen LogP contribution in [0.25, 0.3) is 0 Å². The monoisotopic (exact) mass is 257 g/mol. The fourth-order valence-electron chi connectivity index (χ4n) is 2.04. The smallest absolute Gasteiger partial charge is 0.220 e. The van der Waals surface area contributed by atoms with Gasteiger partial charge in [0, 0.05) is 18.4 Å². The van der Waals surface area contributed by atoms with E-state index in [1.165, 1.54) is 0 Å². The van der Waals surface area contributed by atoms with Gasteiger partial charge in [-0.1, -0.05) is 13.3 Å². The Balaban J connectivity index is 4.06. The Morgan fingerprint density at radius 2 is 1.89 bits per heavy atom. The Hall–Kier alpha value is -1.10. The van der Waals surface area contributed by atoms with Gasteiger partial charge in [-0.15, -0.1) is 0 Å². The SMILES string of the molecule is CCC(CCN)CCC(=O)NC(C)(C)CC(N)=O. The molecule has 5 nitrogen and oxygen atoms in total. The minimum absolute atomic E-state index is 0.0308. The molecular weight excluding hydrogens is 230 g/mol. The first kappa shape index (κ1) is 16.9. The molecule has 0 aromatic rings. The molecule has 5 heteroatoms. The zero-order valence-electron chi connectivity index (χ0n) is 11.8. The Kier molecular flexibility index (Phi) is 7.59. The molecule has 5 N–H and O–H groups in total. The number of rotatable bonds is 9. The van der Waals surface area contributed by atoms with Crippen LogP contribution in [0.4, 0.5) is 0 Å². The van der Waals surface area contributed by atoms with Gasteiger partial charge in [-0.25, -0.2) is 0 Å². The van der Waals surface area contributed by atoms with Gasteiger partial charge >= 0.3 is 0 Å². The molecule has 106 valence electrons. The second-order valence-corrected chi connectivity index (χ2v) is 5.47. The largest absolute Gasteiger partial charge is 0.370 e. The van der Waals surface area contributed by atoms with E-state index in [4.69, 9.17) is 11.5 Å². The van der Waals surface area contributed by atoms with Crippen LogP contribution in [0.15, 0.2) is 0 Å². The zero-order chi connectivity index (χ0) is 14.2. The highest BCUT2D eigenvalue weighted by Gasteiger charge is 2.22. The average Bonchev–Trinajstić information content (AvgIpc) is 2.21. The predicted molar refractivity (Wildman–Crippen MR) is 72.7 cm³/mol. The van der Waals surface area contributed by atoms with E-state index < -0.39 is 11.4 Å². The molecule has 0 rings (SSSR count). The summed E-state index contributed by atoms with van der Waals surface area (Å²) in [6.07, 6.45) is 3.45. The van der Waals surface area contributed by atoms with Crippen molar-refractivity contribution in [2.45, 2.75) is 58.4 Å². The first-order chi connectivity index (χ1) is 8.30. The van der Waals surface area contributed by atoms with Crippen molar-refractivity contribution in [2.75, 3.05) is 6.54 Å². The van der Waals surface area contributed by atoms with E-state index in [0.717, 1.165) is 19.3 Å². The van der Waals surface area contributed by atoms with Gasteiger partial charge in [0.05, 0.1) is 0 Å². The van der Waals surface area contributed by atoms with E-state index in [0.29, 0.717) is 18.9 Å².